The summed E-state index contributed by atoms with van der Waals surface area (Å²) in [5, 5.41) is 7.44. The topological polar surface area (TPSA) is 0 Å². The lowest BCUT2D eigenvalue weighted by atomic mass is 9.76. The minimum atomic E-state index is 1.09. The Hall–Kier alpha value is -3.20. The average Bonchev–Trinajstić information content (AvgIpc) is 3.55. The predicted octanol–water partition coefficient (Wildman–Crippen LogP) is 9.33. The molecule has 0 nitrogen and oxygen atoms in total. The molecule has 0 saturated heterocycles. The number of fused-ring (bicyclic) bond motifs is 8. The molecule has 0 spiro atoms. The van der Waals surface area contributed by atoms with Gasteiger partial charge in [0.15, 0.2) is 0 Å². The third-order valence-corrected chi connectivity index (χ3v) is 9.11. The van der Waals surface area contributed by atoms with E-state index >= 15 is 0 Å². The number of hydrogen-bond acceptors (Lipinski definition) is 2. The van der Waals surface area contributed by atoms with E-state index in [0.29, 0.717) is 0 Å². The lowest BCUT2D eigenvalue weighted by Crippen LogP contribution is -2.04. The summed E-state index contributed by atoms with van der Waals surface area (Å²) >= 11 is 3.81. The molecule has 0 bridgehead atoms. The van der Waals surface area contributed by atoms with Crippen LogP contribution >= 0.6 is 22.7 Å². The Morgan fingerprint density at radius 1 is 0.471 bits per heavy atom. The molecule has 6 aromatic rings. The fourth-order valence-electron chi connectivity index (χ4n) is 5.53. The third kappa shape index (κ3) is 3.25. The van der Waals surface area contributed by atoms with Gasteiger partial charge in [-0.05, 0) is 105 Å². The Kier molecular flexibility index (Phi) is 4.89. The fraction of sp³-hybridized carbons (Fsp3) is 0.125. The first-order valence-corrected chi connectivity index (χ1v) is 13.8. The van der Waals surface area contributed by atoms with Gasteiger partial charge in [0, 0.05) is 20.5 Å². The second kappa shape index (κ2) is 8.23. The van der Waals surface area contributed by atoms with Gasteiger partial charge in [0.2, 0.25) is 0 Å². The van der Waals surface area contributed by atoms with Gasteiger partial charge in [0.1, 0.15) is 0 Å². The Labute approximate surface area is 208 Å². The minimum Gasteiger partial charge on any atom is -0.143 e. The smallest absolute Gasteiger partial charge is 0.0430 e. The molecule has 0 aliphatic heterocycles. The van der Waals surface area contributed by atoms with Gasteiger partial charge in [-0.25, -0.2) is 0 Å². The van der Waals surface area contributed by atoms with Gasteiger partial charge >= 0.3 is 0 Å². The molecule has 34 heavy (non-hydrogen) atoms. The first kappa shape index (κ1) is 20.2. The Morgan fingerprint density at radius 3 is 1.35 bits per heavy atom. The zero-order valence-corrected chi connectivity index (χ0v) is 20.5. The fourth-order valence-corrected chi connectivity index (χ4v) is 7.54. The molecule has 0 unspecified atom stereocenters. The molecule has 0 N–H and O–H groups in total. The largest absolute Gasteiger partial charge is 0.143 e. The Morgan fingerprint density at radius 2 is 0.912 bits per heavy atom. The van der Waals surface area contributed by atoms with Crippen molar-refractivity contribution in [1.82, 2.24) is 0 Å². The van der Waals surface area contributed by atoms with Crippen molar-refractivity contribution in [2.24, 2.45) is 0 Å². The van der Waals surface area contributed by atoms with Crippen molar-refractivity contribution in [3.8, 4) is 22.3 Å². The molecule has 0 radical (unpaired) electrons. The minimum absolute atomic E-state index is 1.09. The van der Waals surface area contributed by atoms with Crippen LogP contribution in [0.25, 0.3) is 42.4 Å². The number of aryl methyl sites for hydroxylation is 4. The molecule has 0 fully saturated rings. The molecule has 0 amide bonds. The number of thiophene rings is 2. The van der Waals surface area contributed by atoms with Crippen LogP contribution in [0.4, 0.5) is 0 Å². The number of hydrogen-bond donors (Lipinski definition) is 0. The molecular weight excluding hydrogens is 448 g/mol. The van der Waals surface area contributed by atoms with E-state index in [0.717, 1.165) is 25.7 Å². The van der Waals surface area contributed by atoms with Gasteiger partial charge in [-0.3, -0.25) is 0 Å². The van der Waals surface area contributed by atoms with Gasteiger partial charge in [-0.15, -0.1) is 22.7 Å². The van der Waals surface area contributed by atoms with E-state index in [4.69, 9.17) is 0 Å². The van der Waals surface area contributed by atoms with E-state index in [1.165, 1.54) is 64.7 Å². The first-order chi connectivity index (χ1) is 16.9. The van der Waals surface area contributed by atoms with Crippen LogP contribution in [0, 0.1) is 0 Å². The first-order valence-electron chi connectivity index (χ1n) is 12.0. The summed E-state index contributed by atoms with van der Waals surface area (Å²) in [5.41, 5.74) is 11.7. The van der Waals surface area contributed by atoms with Crippen molar-refractivity contribution in [2.75, 3.05) is 0 Å². The highest BCUT2D eigenvalue weighted by molar-refractivity contribution is 7.18. The summed E-state index contributed by atoms with van der Waals surface area (Å²) in [4.78, 5) is 0. The molecule has 2 heterocycles. The monoisotopic (exact) mass is 472 g/mol. The number of benzene rings is 4. The molecule has 0 saturated carbocycles. The second-order valence-corrected chi connectivity index (χ2v) is 11.0. The van der Waals surface area contributed by atoms with Gasteiger partial charge in [0.25, 0.3) is 0 Å². The van der Waals surface area contributed by atoms with Crippen LogP contribution < -0.4 is 0 Å². The van der Waals surface area contributed by atoms with Gasteiger partial charge < -0.3 is 0 Å². The normalized spacial score (nSPS) is 12.0. The summed E-state index contributed by atoms with van der Waals surface area (Å²) in [7, 11) is 0. The van der Waals surface area contributed by atoms with Crippen LogP contribution in [0.3, 0.4) is 0 Å². The second-order valence-electron chi connectivity index (χ2n) is 9.21. The van der Waals surface area contributed by atoms with Crippen LogP contribution in [0.15, 0.2) is 95.7 Å². The molecule has 1 aliphatic carbocycles. The van der Waals surface area contributed by atoms with Crippen molar-refractivity contribution >= 4 is 42.8 Å². The summed E-state index contributed by atoms with van der Waals surface area (Å²) in [5.74, 6) is 0. The molecule has 4 aromatic carbocycles. The van der Waals surface area contributed by atoms with Crippen molar-refractivity contribution in [3.63, 3.8) is 0 Å². The summed E-state index contributed by atoms with van der Waals surface area (Å²) < 4.78 is 2.94. The van der Waals surface area contributed by atoms with Crippen molar-refractivity contribution in [2.45, 2.75) is 25.7 Å². The average molecular weight is 473 g/mol. The molecule has 2 aromatic heterocycles. The van der Waals surface area contributed by atoms with Gasteiger partial charge in [-0.2, -0.15) is 0 Å². The van der Waals surface area contributed by atoms with E-state index < -0.39 is 0 Å². The SMILES string of the molecule is c1ccc(CCc2cc3c(c4sccc24)-c2cc(CCc4ccccc4)c4ccsc4c2-3)cc1. The Balaban J connectivity index is 1.29. The summed E-state index contributed by atoms with van der Waals surface area (Å²) in [6.07, 6.45) is 4.35. The third-order valence-electron chi connectivity index (χ3n) is 7.24. The maximum Gasteiger partial charge on any atom is 0.0430 e. The lowest BCUT2D eigenvalue weighted by molar-refractivity contribution is 0.968. The lowest BCUT2D eigenvalue weighted by Gasteiger charge is -2.28. The van der Waals surface area contributed by atoms with E-state index in [9.17, 15) is 0 Å². The van der Waals surface area contributed by atoms with Crippen LogP contribution in [0.5, 0.6) is 0 Å². The summed E-state index contributed by atoms with van der Waals surface area (Å²) in [6, 6.07) is 31.4. The molecule has 0 atom stereocenters. The quantitative estimate of drug-likeness (QED) is 0.226. The zero-order chi connectivity index (χ0) is 22.5. The van der Waals surface area contributed by atoms with E-state index in [2.05, 4.69) is 95.7 Å². The highest BCUT2D eigenvalue weighted by atomic mass is 32.1. The predicted molar refractivity (Wildman–Crippen MR) is 149 cm³/mol. The zero-order valence-electron chi connectivity index (χ0n) is 18.9. The van der Waals surface area contributed by atoms with E-state index in [-0.39, 0.29) is 0 Å². The van der Waals surface area contributed by atoms with Crippen molar-refractivity contribution in [1.29, 1.82) is 0 Å². The maximum atomic E-state index is 2.50. The van der Waals surface area contributed by atoms with E-state index in [1.54, 1.807) is 0 Å². The Bertz CT molecular complexity index is 1500. The van der Waals surface area contributed by atoms with Crippen LogP contribution in [-0.2, 0) is 25.7 Å². The summed E-state index contributed by atoms with van der Waals surface area (Å²) in [6.45, 7) is 0. The van der Waals surface area contributed by atoms with Crippen molar-refractivity contribution < 1.29 is 0 Å². The molecule has 2 heteroatoms. The molecule has 1 aliphatic rings. The van der Waals surface area contributed by atoms with Crippen LogP contribution in [-0.4, -0.2) is 0 Å². The van der Waals surface area contributed by atoms with Gasteiger partial charge in [0.05, 0.1) is 0 Å². The standard InChI is InChI=1S/C32H24S2/c1-3-7-21(8-4-1)11-13-23-19-27-29(31-25(23)15-17-33-31)28-20-24(14-12-22-9-5-2-6-10-22)26-16-18-34-32(26)30(27)28/h1-10,15-20H,11-14H2. The van der Waals surface area contributed by atoms with Gasteiger partial charge in [-0.1, -0.05) is 60.7 Å². The molecule has 164 valence electrons. The van der Waals surface area contributed by atoms with Crippen LogP contribution in [0.1, 0.15) is 22.3 Å². The highest BCUT2D eigenvalue weighted by Gasteiger charge is 2.30. The molecule has 7 rings (SSSR count). The van der Waals surface area contributed by atoms with E-state index in [1.807, 2.05) is 22.7 Å². The van der Waals surface area contributed by atoms with Crippen molar-refractivity contribution in [3.05, 3.63) is 118 Å². The number of rotatable bonds is 6. The highest BCUT2D eigenvalue weighted by Crippen LogP contribution is 2.57. The van der Waals surface area contributed by atoms with Crippen LogP contribution in [0.2, 0.25) is 0 Å². The molecular formula is C32H24S2. The maximum absolute atomic E-state index is 2.50.